The van der Waals surface area contributed by atoms with E-state index in [0.29, 0.717) is 5.91 Å². The summed E-state index contributed by atoms with van der Waals surface area (Å²) in [7, 11) is 0. The van der Waals surface area contributed by atoms with Crippen LogP contribution >= 0.6 is 0 Å². The Bertz CT molecular complexity index is 558. The van der Waals surface area contributed by atoms with Gasteiger partial charge < -0.3 is 9.80 Å². The van der Waals surface area contributed by atoms with Crippen molar-refractivity contribution in [3.8, 4) is 0 Å². The maximum Gasteiger partial charge on any atom is 0.239 e. The molecule has 2 aliphatic rings. The van der Waals surface area contributed by atoms with E-state index in [0.717, 1.165) is 39.3 Å². The lowest BCUT2D eigenvalue weighted by Crippen LogP contribution is -2.54. The van der Waals surface area contributed by atoms with Gasteiger partial charge in [-0.25, -0.2) is 0 Å². The summed E-state index contributed by atoms with van der Waals surface area (Å²) in [5, 5.41) is 0. The normalized spacial score (nSPS) is 20.8. The van der Waals surface area contributed by atoms with Crippen LogP contribution in [0.15, 0.2) is 18.2 Å². The van der Waals surface area contributed by atoms with Gasteiger partial charge in [-0.05, 0) is 50.8 Å². The van der Waals surface area contributed by atoms with Crippen LogP contribution in [0.2, 0.25) is 0 Å². The monoisotopic (exact) mass is 315 g/mol. The fourth-order valence-electron chi connectivity index (χ4n) is 3.79. The van der Waals surface area contributed by atoms with Crippen molar-refractivity contribution < 1.29 is 4.79 Å². The van der Waals surface area contributed by atoms with Crippen LogP contribution in [0.4, 0.5) is 5.69 Å². The second kappa shape index (κ2) is 6.91. The number of carbonyl (C=O) groups excluding carboxylic acids is 1. The molecule has 2 heterocycles. The fourth-order valence-corrected chi connectivity index (χ4v) is 3.79. The van der Waals surface area contributed by atoms with E-state index < -0.39 is 0 Å². The lowest BCUT2D eigenvalue weighted by molar-refractivity contribution is -0.135. The van der Waals surface area contributed by atoms with Crippen LogP contribution in [-0.2, 0) is 4.79 Å². The third-order valence-electron chi connectivity index (χ3n) is 5.55. The second-order valence-electron chi connectivity index (χ2n) is 6.95. The van der Waals surface area contributed by atoms with Gasteiger partial charge in [0.15, 0.2) is 0 Å². The molecule has 0 spiro atoms. The van der Waals surface area contributed by atoms with Crippen molar-refractivity contribution in [2.24, 2.45) is 0 Å². The maximum atomic E-state index is 12.6. The zero-order valence-electron chi connectivity index (χ0n) is 14.7. The molecule has 1 unspecified atom stereocenters. The Morgan fingerprint density at radius 3 is 2.30 bits per heavy atom. The van der Waals surface area contributed by atoms with Crippen molar-refractivity contribution in [3.63, 3.8) is 0 Å². The number of rotatable bonds is 3. The van der Waals surface area contributed by atoms with Crippen LogP contribution in [-0.4, -0.2) is 61.0 Å². The van der Waals surface area contributed by atoms with Gasteiger partial charge in [0.2, 0.25) is 5.91 Å². The highest BCUT2D eigenvalue weighted by Crippen LogP contribution is 2.24. The van der Waals surface area contributed by atoms with E-state index >= 15 is 0 Å². The molecule has 4 nitrogen and oxygen atoms in total. The second-order valence-corrected chi connectivity index (χ2v) is 6.95. The van der Waals surface area contributed by atoms with Crippen molar-refractivity contribution in [1.82, 2.24) is 9.80 Å². The third-order valence-corrected chi connectivity index (χ3v) is 5.55. The van der Waals surface area contributed by atoms with Gasteiger partial charge in [0.1, 0.15) is 0 Å². The largest absolute Gasteiger partial charge is 0.369 e. The first kappa shape index (κ1) is 16.3. The zero-order chi connectivity index (χ0) is 16.4. The van der Waals surface area contributed by atoms with E-state index in [1.807, 2.05) is 4.90 Å². The summed E-state index contributed by atoms with van der Waals surface area (Å²) >= 11 is 0. The van der Waals surface area contributed by atoms with E-state index in [1.54, 1.807) is 0 Å². The van der Waals surface area contributed by atoms with Gasteiger partial charge in [-0.3, -0.25) is 9.69 Å². The molecule has 0 N–H and O–H groups in total. The number of likely N-dealkylation sites (tertiary alicyclic amines) is 1. The lowest BCUT2D eigenvalue weighted by Gasteiger charge is -2.40. The summed E-state index contributed by atoms with van der Waals surface area (Å²) in [5.41, 5.74) is 4.08. The Morgan fingerprint density at radius 2 is 1.65 bits per heavy atom. The van der Waals surface area contributed by atoms with Crippen LogP contribution in [0, 0.1) is 13.8 Å². The van der Waals surface area contributed by atoms with Gasteiger partial charge in [0.25, 0.3) is 0 Å². The first-order valence-electron chi connectivity index (χ1n) is 8.92. The van der Waals surface area contributed by atoms with Crippen molar-refractivity contribution in [1.29, 1.82) is 0 Å². The molecule has 0 aliphatic carbocycles. The van der Waals surface area contributed by atoms with E-state index in [2.05, 4.69) is 48.8 Å². The Morgan fingerprint density at radius 1 is 1.00 bits per heavy atom. The fraction of sp³-hybridized carbons (Fsp3) is 0.632. The maximum absolute atomic E-state index is 12.6. The Hall–Kier alpha value is -1.55. The number of benzene rings is 1. The molecule has 0 aromatic heterocycles. The highest BCUT2D eigenvalue weighted by molar-refractivity contribution is 5.81. The molecule has 23 heavy (non-hydrogen) atoms. The number of nitrogens with zero attached hydrogens (tertiary/aromatic N) is 3. The van der Waals surface area contributed by atoms with Crippen LogP contribution < -0.4 is 4.90 Å². The van der Waals surface area contributed by atoms with Gasteiger partial charge >= 0.3 is 0 Å². The molecule has 1 atom stereocenters. The predicted octanol–water partition coefficient (Wildman–Crippen LogP) is 2.44. The van der Waals surface area contributed by atoms with Crippen LogP contribution in [0.25, 0.3) is 0 Å². The standard InChI is InChI=1S/C19H29N3O/c1-15-7-6-8-18(16(15)2)21-13-11-20(12-14-21)17(3)19(23)22-9-4-5-10-22/h6-8,17H,4-5,9-14H2,1-3H3. The lowest BCUT2D eigenvalue weighted by atomic mass is 10.1. The topological polar surface area (TPSA) is 26.8 Å². The summed E-state index contributed by atoms with van der Waals surface area (Å²) in [4.78, 5) is 19.4. The van der Waals surface area contributed by atoms with E-state index in [9.17, 15) is 4.79 Å². The van der Waals surface area contributed by atoms with Crippen LogP contribution in [0.1, 0.15) is 30.9 Å². The van der Waals surface area contributed by atoms with Gasteiger partial charge in [-0.2, -0.15) is 0 Å². The van der Waals surface area contributed by atoms with E-state index in [4.69, 9.17) is 0 Å². The average Bonchev–Trinajstić information content (AvgIpc) is 3.11. The van der Waals surface area contributed by atoms with Crippen molar-refractivity contribution in [2.45, 2.75) is 39.7 Å². The number of hydrogen-bond acceptors (Lipinski definition) is 3. The molecule has 126 valence electrons. The molecular weight excluding hydrogens is 286 g/mol. The molecule has 0 radical (unpaired) electrons. The van der Waals surface area contributed by atoms with E-state index in [1.165, 1.54) is 29.7 Å². The van der Waals surface area contributed by atoms with Crippen molar-refractivity contribution >= 4 is 11.6 Å². The Labute approximate surface area is 140 Å². The zero-order valence-corrected chi connectivity index (χ0v) is 14.7. The van der Waals surface area contributed by atoms with Crippen molar-refractivity contribution in [2.75, 3.05) is 44.2 Å². The number of hydrogen-bond donors (Lipinski definition) is 0. The summed E-state index contributed by atoms with van der Waals surface area (Å²) < 4.78 is 0. The minimum absolute atomic E-state index is 0.0221. The molecule has 2 aliphatic heterocycles. The van der Waals surface area contributed by atoms with Gasteiger partial charge in [-0.15, -0.1) is 0 Å². The molecule has 1 amide bonds. The Balaban J connectivity index is 1.59. The highest BCUT2D eigenvalue weighted by Gasteiger charge is 2.30. The number of anilines is 1. The minimum atomic E-state index is 0.0221. The Kier molecular flexibility index (Phi) is 4.90. The molecule has 0 saturated carbocycles. The predicted molar refractivity (Wildman–Crippen MR) is 95.0 cm³/mol. The first-order valence-corrected chi connectivity index (χ1v) is 8.92. The first-order chi connectivity index (χ1) is 11.1. The van der Waals surface area contributed by atoms with Gasteiger partial charge in [0, 0.05) is 45.0 Å². The molecule has 4 heteroatoms. The number of carbonyl (C=O) groups is 1. The molecule has 0 bridgehead atoms. The molecule has 2 saturated heterocycles. The highest BCUT2D eigenvalue weighted by atomic mass is 16.2. The van der Waals surface area contributed by atoms with E-state index in [-0.39, 0.29) is 6.04 Å². The molecule has 3 rings (SSSR count). The summed E-state index contributed by atoms with van der Waals surface area (Å²) in [5.74, 6) is 0.322. The van der Waals surface area contributed by atoms with Gasteiger partial charge in [-0.1, -0.05) is 12.1 Å². The number of aryl methyl sites for hydroxylation is 1. The molecule has 2 fully saturated rings. The summed E-state index contributed by atoms with van der Waals surface area (Å²) in [6.45, 7) is 12.3. The molecule has 1 aromatic carbocycles. The summed E-state index contributed by atoms with van der Waals surface area (Å²) in [6.07, 6.45) is 2.33. The molecular formula is C19H29N3O. The average molecular weight is 315 g/mol. The minimum Gasteiger partial charge on any atom is -0.369 e. The third kappa shape index (κ3) is 3.37. The van der Waals surface area contributed by atoms with Gasteiger partial charge in [0.05, 0.1) is 6.04 Å². The quantitative estimate of drug-likeness (QED) is 0.857. The number of piperazine rings is 1. The van der Waals surface area contributed by atoms with Crippen LogP contribution in [0.3, 0.4) is 0 Å². The molecule has 1 aromatic rings. The van der Waals surface area contributed by atoms with Crippen molar-refractivity contribution in [3.05, 3.63) is 29.3 Å². The summed E-state index contributed by atoms with van der Waals surface area (Å²) in [6, 6.07) is 6.56. The van der Waals surface area contributed by atoms with Crippen LogP contribution in [0.5, 0.6) is 0 Å². The SMILES string of the molecule is Cc1cccc(N2CCN(C(C)C(=O)N3CCCC3)CC2)c1C. The number of amides is 1. The smallest absolute Gasteiger partial charge is 0.239 e.